The van der Waals surface area contributed by atoms with Gasteiger partial charge >= 0.3 is 0 Å². The fourth-order valence-electron chi connectivity index (χ4n) is 1.57. The standard InChI is InChI=1S/C12H14N2O/c1-9-3-5-10(6-4-9)12(15)11-7-8-13-14(11)2/h3-8,12,15H,1-2H3. The lowest BCUT2D eigenvalue weighted by atomic mass is 10.1. The van der Waals surface area contributed by atoms with Crippen LogP contribution in [0.4, 0.5) is 0 Å². The van der Waals surface area contributed by atoms with Crippen molar-refractivity contribution < 1.29 is 5.11 Å². The molecule has 1 atom stereocenters. The molecule has 0 aliphatic heterocycles. The van der Waals surface area contributed by atoms with Gasteiger partial charge in [-0.3, -0.25) is 4.68 Å². The molecule has 1 heterocycles. The van der Waals surface area contributed by atoms with E-state index < -0.39 is 6.10 Å². The summed E-state index contributed by atoms with van der Waals surface area (Å²) in [5.41, 5.74) is 2.89. The van der Waals surface area contributed by atoms with Gasteiger partial charge in [-0.05, 0) is 18.6 Å². The van der Waals surface area contributed by atoms with Gasteiger partial charge in [-0.1, -0.05) is 29.8 Å². The van der Waals surface area contributed by atoms with Crippen LogP contribution in [0.3, 0.4) is 0 Å². The summed E-state index contributed by atoms with van der Waals surface area (Å²) in [5, 5.41) is 14.1. The van der Waals surface area contributed by atoms with Crippen LogP contribution < -0.4 is 0 Å². The van der Waals surface area contributed by atoms with Gasteiger partial charge in [-0.15, -0.1) is 0 Å². The number of hydrogen-bond donors (Lipinski definition) is 1. The Morgan fingerprint density at radius 1 is 1.20 bits per heavy atom. The Morgan fingerprint density at radius 3 is 2.40 bits per heavy atom. The zero-order valence-electron chi connectivity index (χ0n) is 8.88. The maximum atomic E-state index is 10.1. The predicted octanol–water partition coefficient (Wildman–Crippen LogP) is 1.81. The number of benzene rings is 1. The number of hydrogen-bond acceptors (Lipinski definition) is 2. The number of nitrogens with zero attached hydrogens (tertiary/aromatic N) is 2. The van der Waals surface area contributed by atoms with Gasteiger partial charge in [0.25, 0.3) is 0 Å². The number of aliphatic hydroxyl groups excluding tert-OH is 1. The van der Waals surface area contributed by atoms with E-state index in [9.17, 15) is 5.11 Å². The highest BCUT2D eigenvalue weighted by Gasteiger charge is 2.12. The van der Waals surface area contributed by atoms with E-state index in [4.69, 9.17) is 0 Å². The maximum absolute atomic E-state index is 10.1. The number of aromatic nitrogens is 2. The first-order valence-corrected chi connectivity index (χ1v) is 4.91. The molecule has 15 heavy (non-hydrogen) atoms. The van der Waals surface area contributed by atoms with Crippen molar-refractivity contribution in [3.8, 4) is 0 Å². The molecule has 3 heteroatoms. The summed E-state index contributed by atoms with van der Waals surface area (Å²) < 4.78 is 1.69. The number of aryl methyl sites for hydroxylation is 2. The van der Waals surface area contributed by atoms with Crippen LogP contribution in [-0.2, 0) is 7.05 Å². The summed E-state index contributed by atoms with van der Waals surface area (Å²) in [6, 6.07) is 9.69. The van der Waals surface area contributed by atoms with Crippen molar-refractivity contribution in [2.24, 2.45) is 7.05 Å². The van der Waals surface area contributed by atoms with E-state index in [1.165, 1.54) is 5.56 Å². The van der Waals surface area contributed by atoms with E-state index in [1.807, 2.05) is 44.3 Å². The van der Waals surface area contributed by atoms with Gasteiger partial charge in [0, 0.05) is 13.2 Å². The maximum Gasteiger partial charge on any atom is 0.121 e. The molecule has 2 rings (SSSR count). The zero-order chi connectivity index (χ0) is 10.8. The Kier molecular flexibility index (Phi) is 2.56. The average Bonchev–Trinajstić information content (AvgIpc) is 2.65. The van der Waals surface area contributed by atoms with E-state index >= 15 is 0 Å². The van der Waals surface area contributed by atoms with E-state index in [0.717, 1.165) is 11.3 Å². The second kappa shape index (κ2) is 3.87. The molecule has 0 aliphatic rings. The monoisotopic (exact) mass is 202 g/mol. The fourth-order valence-corrected chi connectivity index (χ4v) is 1.57. The molecule has 0 spiro atoms. The van der Waals surface area contributed by atoms with Crippen molar-refractivity contribution in [3.63, 3.8) is 0 Å². The Morgan fingerprint density at radius 2 is 1.87 bits per heavy atom. The number of rotatable bonds is 2. The summed E-state index contributed by atoms with van der Waals surface area (Å²) in [6.45, 7) is 2.03. The van der Waals surface area contributed by atoms with Crippen molar-refractivity contribution in [1.29, 1.82) is 0 Å². The second-order valence-electron chi connectivity index (χ2n) is 3.69. The Bertz CT molecular complexity index is 445. The van der Waals surface area contributed by atoms with Crippen LogP contribution in [0.5, 0.6) is 0 Å². The first-order valence-electron chi connectivity index (χ1n) is 4.91. The Labute approximate surface area is 89.0 Å². The molecule has 1 N–H and O–H groups in total. The molecular formula is C12H14N2O. The van der Waals surface area contributed by atoms with Gasteiger partial charge in [0.1, 0.15) is 6.10 Å². The third-order valence-electron chi connectivity index (χ3n) is 2.53. The summed E-state index contributed by atoms with van der Waals surface area (Å²) >= 11 is 0. The minimum absolute atomic E-state index is 0.599. The van der Waals surface area contributed by atoms with Crippen molar-refractivity contribution in [3.05, 3.63) is 53.3 Å². The molecule has 78 valence electrons. The molecule has 0 bridgehead atoms. The van der Waals surface area contributed by atoms with Gasteiger partial charge in [0.05, 0.1) is 5.69 Å². The molecule has 2 aromatic rings. The van der Waals surface area contributed by atoms with Gasteiger partial charge in [-0.25, -0.2) is 0 Å². The van der Waals surface area contributed by atoms with Gasteiger partial charge < -0.3 is 5.11 Å². The van der Waals surface area contributed by atoms with Crippen LogP contribution in [0, 0.1) is 6.92 Å². The summed E-state index contributed by atoms with van der Waals surface area (Å²) in [6.07, 6.45) is 1.09. The van der Waals surface area contributed by atoms with Crippen LogP contribution in [0.15, 0.2) is 36.5 Å². The van der Waals surface area contributed by atoms with Crippen molar-refractivity contribution in [1.82, 2.24) is 9.78 Å². The Hall–Kier alpha value is -1.61. The molecule has 0 saturated carbocycles. The molecular weight excluding hydrogens is 188 g/mol. The molecule has 0 saturated heterocycles. The van der Waals surface area contributed by atoms with E-state index in [-0.39, 0.29) is 0 Å². The van der Waals surface area contributed by atoms with Crippen LogP contribution in [0.25, 0.3) is 0 Å². The van der Waals surface area contributed by atoms with Crippen molar-refractivity contribution >= 4 is 0 Å². The summed E-state index contributed by atoms with van der Waals surface area (Å²) in [4.78, 5) is 0. The predicted molar refractivity (Wildman–Crippen MR) is 58.4 cm³/mol. The molecule has 0 amide bonds. The van der Waals surface area contributed by atoms with Crippen LogP contribution in [0.2, 0.25) is 0 Å². The molecule has 0 fully saturated rings. The van der Waals surface area contributed by atoms with Gasteiger partial charge in [0.2, 0.25) is 0 Å². The largest absolute Gasteiger partial charge is 0.382 e. The third-order valence-corrected chi connectivity index (χ3v) is 2.53. The zero-order valence-corrected chi connectivity index (χ0v) is 8.88. The van der Waals surface area contributed by atoms with Crippen LogP contribution in [0.1, 0.15) is 22.9 Å². The number of aliphatic hydroxyl groups is 1. The first kappa shape index (κ1) is 9.93. The van der Waals surface area contributed by atoms with Crippen molar-refractivity contribution in [2.75, 3.05) is 0 Å². The van der Waals surface area contributed by atoms with Gasteiger partial charge in [0.15, 0.2) is 0 Å². The highest BCUT2D eigenvalue weighted by atomic mass is 16.3. The minimum Gasteiger partial charge on any atom is -0.382 e. The van der Waals surface area contributed by atoms with Crippen LogP contribution in [-0.4, -0.2) is 14.9 Å². The minimum atomic E-state index is -0.599. The lowest BCUT2D eigenvalue weighted by molar-refractivity contribution is 0.210. The van der Waals surface area contributed by atoms with E-state index in [1.54, 1.807) is 10.9 Å². The highest BCUT2D eigenvalue weighted by Crippen LogP contribution is 2.20. The molecule has 0 radical (unpaired) electrons. The highest BCUT2D eigenvalue weighted by molar-refractivity contribution is 5.28. The average molecular weight is 202 g/mol. The first-order chi connectivity index (χ1) is 7.18. The third kappa shape index (κ3) is 1.92. The van der Waals surface area contributed by atoms with Crippen LogP contribution >= 0.6 is 0 Å². The molecule has 1 aromatic carbocycles. The Balaban J connectivity index is 2.32. The molecule has 0 aliphatic carbocycles. The van der Waals surface area contributed by atoms with E-state index in [0.29, 0.717) is 0 Å². The van der Waals surface area contributed by atoms with Crippen molar-refractivity contribution in [2.45, 2.75) is 13.0 Å². The van der Waals surface area contributed by atoms with Gasteiger partial charge in [-0.2, -0.15) is 5.10 Å². The summed E-state index contributed by atoms with van der Waals surface area (Å²) in [7, 11) is 1.83. The fraction of sp³-hybridized carbons (Fsp3) is 0.250. The normalized spacial score (nSPS) is 12.7. The smallest absolute Gasteiger partial charge is 0.121 e. The molecule has 3 nitrogen and oxygen atoms in total. The lowest BCUT2D eigenvalue weighted by Crippen LogP contribution is -2.06. The summed E-state index contributed by atoms with van der Waals surface area (Å²) in [5.74, 6) is 0. The topological polar surface area (TPSA) is 38.1 Å². The van der Waals surface area contributed by atoms with E-state index in [2.05, 4.69) is 5.10 Å². The SMILES string of the molecule is Cc1ccc(C(O)c2ccnn2C)cc1. The second-order valence-corrected chi connectivity index (χ2v) is 3.69. The molecule has 1 aromatic heterocycles. The lowest BCUT2D eigenvalue weighted by Gasteiger charge is -2.11. The molecule has 1 unspecified atom stereocenters. The quantitative estimate of drug-likeness (QED) is 0.806.